The van der Waals surface area contributed by atoms with E-state index >= 15 is 0 Å². The van der Waals surface area contributed by atoms with E-state index in [1.807, 2.05) is 0 Å². The maximum atomic E-state index is 14.6. The topological polar surface area (TPSA) is 119 Å². The molecular weight excluding hydrogens is 592 g/mol. The van der Waals surface area contributed by atoms with Gasteiger partial charge < -0.3 is 20.1 Å². The Labute approximate surface area is 246 Å². The maximum absolute atomic E-state index is 14.6. The number of halogens is 4. The van der Waals surface area contributed by atoms with Gasteiger partial charge in [-0.15, -0.1) is 0 Å². The molecule has 0 aromatic heterocycles. The summed E-state index contributed by atoms with van der Waals surface area (Å²) < 4.78 is 89.8. The summed E-state index contributed by atoms with van der Waals surface area (Å²) in [6.45, 7) is -0.405. The van der Waals surface area contributed by atoms with Crippen LogP contribution in [-0.4, -0.2) is 73.2 Å². The smallest absolute Gasteiger partial charge is 0.416 e. The Morgan fingerprint density at radius 1 is 0.953 bits per heavy atom. The molecule has 8 nitrogen and oxygen atoms in total. The van der Waals surface area contributed by atoms with Gasteiger partial charge >= 0.3 is 6.18 Å². The molecule has 5 rings (SSSR count). The number of nitrogens with zero attached hydrogens (tertiary/aromatic N) is 1. The van der Waals surface area contributed by atoms with Crippen molar-refractivity contribution in [2.24, 2.45) is 5.41 Å². The third-order valence-electron chi connectivity index (χ3n) is 7.91. The van der Waals surface area contributed by atoms with Crippen LogP contribution in [0.15, 0.2) is 71.6 Å². The summed E-state index contributed by atoms with van der Waals surface area (Å²) in [5, 5.41) is 31.8. The lowest BCUT2D eigenvalue weighted by Gasteiger charge is -2.37. The van der Waals surface area contributed by atoms with Crippen molar-refractivity contribution in [3.05, 3.63) is 83.7 Å². The van der Waals surface area contributed by atoms with Crippen LogP contribution >= 0.6 is 0 Å². The molecule has 13 heteroatoms. The molecule has 0 amide bonds. The van der Waals surface area contributed by atoms with Crippen molar-refractivity contribution >= 4 is 10.0 Å². The number of rotatable bonds is 3. The number of benzene rings is 3. The third-order valence-corrected chi connectivity index (χ3v) is 9.37. The molecule has 1 unspecified atom stereocenters. The zero-order valence-electron chi connectivity index (χ0n) is 23.0. The van der Waals surface area contributed by atoms with E-state index in [-0.39, 0.29) is 67.4 Å². The molecule has 3 aromatic carbocycles. The molecule has 0 radical (unpaired) electrons. The van der Waals surface area contributed by atoms with Crippen molar-refractivity contribution in [1.29, 1.82) is 0 Å². The maximum Gasteiger partial charge on any atom is 0.416 e. The van der Waals surface area contributed by atoms with Crippen molar-refractivity contribution in [2.75, 3.05) is 26.2 Å². The molecule has 2 aliphatic rings. The monoisotopic (exact) mass is 624 g/mol. The van der Waals surface area contributed by atoms with Crippen LogP contribution in [0.3, 0.4) is 0 Å². The number of ether oxygens (including phenoxy) is 1. The van der Waals surface area contributed by atoms with Crippen LogP contribution in [0.5, 0.6) is 5.75 Å². The number of nitrogens with one attached hydrogen (secondary N) is 1. The van der Waals surface area contributed by atoms with Gasteiger partial charge in [0.2, 0.25) is 10.0 Å². The summed E-state index contributed by atoms with van der Waals surface area (Å²) in [4.78, 5) is 1.45. The standard InChI is InChI=1S/C30H32F4N2O6S/c31-24-7-2-1-4-21(24)15-36-16-23(37)14-35-43(40,41)28-9-8-20(19-5-3-6-22(10-19)30(32,33)34)11-27(28)42-18-29(17-36)12-25(38)26(39)13-29/h1-11,23,25-26,35,37-39H,12-18H2/t23-,25-,26+,29?/m0/s1. The second-order valence-electron chi connectivity index (χ2n) is 11.3. The second-order valence-corrected chi connectivity index (χ2v) is 13.1. The molecular formula is C30H32F4N2O6S. The Morgan fingerprint density at radius 3 is 2.35 bits per heavy atom. The Balaban J connectivity index is 1.54. The highest BCUT2D eigenvalue weighted by Crippen LogP contribution is 2.42. The van der Waals surface area contributed by atoms with E-state index in [2.05, 4.69) is 4.72 Å². The molecule has 1 aliphatic carbocycles. The fourth-order valence-corrected chi connectivity index (χ4v) is 7.03. The Bertz CT molecular complexity index is 1560. The van der Waals surface area contributed by atoms with Crippen LogP contribution in [0.4, 0.5) is 17.6 Å². The minimum atomic E-state index is -4.58. The number of fused-ring (bicyclic) bond motifs is 1. The molecule has 1 heterocycles. The van der Waals surface area contributed by atoms with Crippen LogP contribution in [-0.2, 0) is 22.7 Å². The molecule has 1 saturated carbocycles. The summed E-state index contributed by atoms with van der Waals surface area (Å²) in [5.41, 5.74) is -1.01. The van der Waals surface area contributed by atoms with E-state index in [0.717, 1.165) is 12.1 Å². The normalized spacial score (nSPS) is 26.7. The van der Waals surface area contributed by atoms with Gasteiger partial charge in [0.1, 0.15) is 16.5 Å². The number of hydrogen-bond donors (Lipinski definition) is 4. The van der Waals surface area contributed by atoms with E-state index in [0.29, 0.717) is 5.56 Å². The van der Waals surface area contributed by atoms with Gasteiger partial charge in [-0.3, -0.25) is 4.90 Å². The van der Waals surface area contributed by atoms with Gasteiger partial charge in [0, 0.05) is 37.2 Å². The van der Waals surface area contributed by atoms with Gasteiger partial charge in [0.25, 0.3) is 0 Å². The fourth-order valence-electron chi connectivity index (χ4n) is 5.84. The van der Waals surface area contributed by atoms with Gasteiger partial charge in [-0.1, -0.05) is 36.4 Å². The minimum Gasteiger partial charge on any atom is -0.492 e. The first kappa shape index (κ1) is 31.4. The second kappa shape index (κ2) is 12.1. The third kappa shape index (κ3) is 7.19. The number of hydrogen-bond acceptors (Lipinski definition) is 7. The van der Waals surface area contributed by atoms with Crippen molar-refractivity contribution in [3.63, 3.8) is 0 Å². The average Bonchev–Trinajstić information content (AvgIpc) is 3.23. The first-order valence-corrected chi connectivity index (χ1v) is 15.2. The molecule has 3 aromatic rings. The van der Waals surface area contributed by atoms with Gasteiger partial charge in [0.05, 0.1) is 30.5 Å². The van der Waals surface area contributed by atoms with Crippen molar-refractivity contribution in [3.8, 4) is 16.9 Å². The first-order chi connectivity index (χ1) is 20.2. The lowest BCUT2D eigenvalue weighted by Crippen LogP contribution is -2.46. The predicted octanol–water partition coefficient (Wildman–Crippen LogP) is 3.55. The summed E-state index contributed by atoms with van der Waals surface area (Å²) in [5.74, 6) is -0.606. The van der Waals surface area contributed by atoms with Crippen LogP contribution in [0.25, 0.3) is 11.1 Å². The summed E-state index contributed by atoms with van der Waals surface area (Å²) in [6, 6.07) is 14.6. The number of alkyl halides is 3. The van der Waals surface area contributed by atoms with Crippen molar-refractivity contribution in [1.82, 2.24) is 9.62 Å². The summed E-state index contributed by atoms with van der Waals surface area (Å²) in [7, 11) is -4.26. The van der Waals surface area contributed by atoms with Gasteiger partial charge in [-0.2, -0.15) is 13.2 Å². The predicted molar refractivity (Wildman–Crippen MR) is 149 cm³/mol. The highest BCUT2D eigenvalue weighted by atomic mass is 32.2. The summed E-state index contributed by atoms with van der Waals surface area (Å²) >= 11 is 0. The Morgan fingerprint density at radius 2 is 1.65 bits per heavy atom. The SMILES string of the molecule is O=S1(=O)NC[C@H](O)CN(Cc2ccccc2F)CC2(COc3cc(-c4cccc(C(F)(F)F)c4)ccc31)C[C@@H](O)[C@@H](O)C2. The van der Waals surface area contributed by atoms with Gasteiger partial charge in [-0.25, -0.2) is 17.5 Å². The van der Waals surface area contributed by atoms with Crippen LogP contribution < -0.4 is 9.46 Å². The van der Waals surface area contributed by atoms with Crippen molar-refractivity contribution in [2.45, 2.75) is 48.8 Å². The first-order valence-electron chi connectivity index (χ1n) is 13.7. The van der Waals surface area contributed by atoms with E-state index in [1.165, 1.54) is 36.4 Å². The summed E-state index contributed by atoms with van der Waals surface area (Å²) in [6.07, 6.45) is -7.83. The van der Waals surface area contributed by atoms with Crippen molar-refractivity contribution < 1.29 is 46.0 Å². The van der Waals surface area contributed by atoms with Crippen LogP contribution in [0.1, 0.15) is 24.0 Å². The molecule has 0 bridgehead atoms. The molecule has 43 heavy (non-hydrogen) atoms. The largest absolute Gasteiger partial charge is 0.492 e. The zero-order valence-corrected chi connectivity index (χ0v) is 23.8. The quantitative estimate of drug-likeness (QED) is 0.329. The Hall–Kier alpha value is -3.07. The molecule has 4 N–H and O–H groups in total. The molecule has 1 aliphatic heterocycles. The molecule has 1 fully saturated rings. The van der Waals surface area contributed by atoms with Crippen LogP contribution in [0, 0.1) is 11.2 Å². The highest BCUT2D eigenvalue weighted by Gasteiger charge is 2.46. The number of sulfonamides is 1. The molecule has 4 atom stereocenters. The number of aliphatic hydroxyl groups excluding tert-OH is 3. The molecule has 0 saturated heterocycles. The highest BCUT2D eigenvalue weighted by molar-refractivity contribution is 7.89. The lowest BCUT2D eigenvalue weighted by molar-refractivity contribution is -0.137. The number of aliphatic hydroxyl groups is 3. The Kier molecular flexibility index (Phi) is 8.85. The van der Waals surface area contributed by atoms with Crippen LogP contribution in [0.2, 0.25) is 0 Å². The zero-order chi connectivity index (χ0) is 31.0. The average molecular weight is 625 g/mol. The van der Waals surface area contributed by atoms with E-state index in [9.17, 15) is 41.3 Å². The molecule has 1 spiro atoms. The van der Waals surface area contributed by atoms with Gasteiger partial charge in [-0.05, 0) is 54.3 Å². The number of β-amino-alcohol motifs (C(OH)–C–C–N with tert-alkyl or cyclic N) is 1. The van der Waals surface area contributed by atoms with E-state index < -0.39 is 51.3 Å². The van der Waals surface area contributed by atoms with Gasteiger partial charge in [0.15, 0.2) is 0 Å². The lowest BCUT2D eigenvalue weighted by atomic mass is 9.85. The minimum absolute atomic E-state index is 0.0495. The van der Waals surface area contributed by atoms with E-state index in [4.69, 9.17) is 4.74 Å². The molecule has 232 valence electrons. The van der Waals surface area contributed by atoms with E-state index in [1.54, 1.807) is 23.1 Å². The fraction of sp³-hybridized carbons (Fsp3) is 0.400.